The largest absolute Gasteiger partial charge is 0.496 e. The maximum atomic E-state index is 5.95. The molecule has 0 spiro atoms. The van der Waals surface area contributed by atoms with Crippen LogP contribution in [0, 0.1) is 6.92 Å². The average molecular weight is 401 g/mol. The van der Waals surface area contributed by atoms with Crippen molar-refractivity contribution in [2.45, 2.75) is 26.4 Å². The number of quaternary nitrogens is 2. The van der Waals surface area contributed by atoms with Crippen molar-refractivity contribution in [1.82, 2.24) is 10.2 Å². The summed E-state index contributed by atoms with van der Waals surface area (Å²) in [5, 5.41) is 10.6. The highest BCUT2D eigenvalue weighted by molar-refractivity contribution is 7.13. The molecule has 2 aromatic heterocycles. The van der Waals surface area contributed by atoms with Crippen molar-refractivity contribution >= 4 is 11.3 Å². The predicted molar refractivity (Wildman–Crippen MR) is 109 cm³/mol. The molecule has 1 atom stereocenters. The number of hydrogen-bond acceptors (Lipinski definition) is 5. The van der Waals surface area contributed by atoms with Crippen LogP contribution in [0.3, 0.4) is 0 Å². The van der Waals surface area contributed by atoms with Gasteiger partial charge in [0, 0.05) is 5.56 Å². The molecule has 0 saturated carbocycles. The Morgan fingerprint density at radius 3 is 2.71 bits per heavy atom. The number of nitrogens with one attached hydrogen (secondary N) is 2. The molecule has 2 N–H and O–H groups in total. The van der Waals surface area contributed by atoms with Crippen molar-refractivity contribution in [3.63, 3.8) is 0 Å². The zero-order valence-corrected chi connectivity index (χ0v) is 17.5. The normalized spacial score (nSPS) is 20.8. The van der Waals surface area contributed by atoms with Crippen molar-refractivity contribution < 1.29 is 19.0 Å². The number of piperazine rings is 1. The van der Waals surface area contributed by atoms with E-state index in [0.717, 1.165) is 49.2 Å². The van der Waals surface area contributed by atoms with Crippen LogP contribution in [-0.4, -0.2) is 43.5 Å². The van der Waals surface area contributed by atoms with Gasteiger partial charge in [0.05, 0.1) is 12.0 Å². The molecule has 0 aliphatic carbocycles. The minimum Gasteiger partial charge on any atom is -0.496 e. The molecule has 28 heavy (non-hydrogen) atoms. The second kappa shape index (κ2) is 8.43. The summed E-state index contributed by atoms with van der Waals surface area (Å²) in [6, 6.07) is 10.7. The second-order valence-corrected chi connectivity index (χ2v) is 8.49. The van der Waals surface area contributed by atoms with Crippen molar-refractivity contribution in [2.75, 3.05) is 33.3 Å². The van der Waals surface area contributed by atoms with Crippen LogP contribution in [-0.2, 0) is 6.54 Å². The van der Waals surface area contributed by atoms with Crippen LogP contribution in [0.4, 0.5) is 0 Å². The SMILES string of the molecule is COc1ccc(C)cc1C[NH+]1CC[NH+]([C@H](C)c2nnc(-c3cccs3)o2)CC1. The summed E-state index contributed by atoms with van der Waals surface area (Å²) in [5.74, 6) is 2.36. The second-order valence-electron chi connectivity index (χ2n) is 7.54. The van der Waals surface area contributed by atoms with E-state index in [1.165, 1.54) is 16.0 Å². The summed E-state index contributed by atoms with van der Waals surface area (Å²) in [5.41, 5.74) is 2.58. The number of aromatic nitrogens is 2. The number of ether oxygens (including phenoxy) is 1. The van der Waals surface area contributed by atoms with Gasteiger partial charge in [-0.05, 0) is 37.4 Å². The Morgan fingerprint density at radius 2 is 2.00 bits per heavy atom. The van der Waals surface area contributed by atoms with Crippen LogP contribution >= 0.6 is 11.3 Å². The van der Waals surface area contributed by atoms with Gasteiger partial charge >= 0.3 is 0 Å². The van der Waals surface area contributed by atoms with E-state index in [1.54, 1.807) is 23.3 Å². The molecule has 1 fully saturated rings. The van der Waals surface area contributed by atoms with Crippen LogP contribution in [0.2, 0.25) is 0 Å². The zero-order chi connectivity index (χ0) is 19.5. The van der Waals surface area contributed by atoms with Gasteiger partial charge in [0.2, 0.25) is 0 Å². The van der Waals surface area contributed by atoms with E-state index in [1.807, 2.05) is 17.5 Å². The van der Waals surface area contributed by atoms with Crippen molar-refractivity contribution in [3.05, 3.63) is 52.7 Å². The molecule has 1 aliphatic heterocycles. The Bertz CT molecular complexity index is 901. The first kappa shape index (κ1) is 19.1. The summed E-state index contributed by atoms with van der Waals surface area (Å²) in [6.07, 6.45) is 0. The first-order valence-electron chi connectivity index (χ1n) is 9.83. The lowest BCUT2D eigenvalue weighted by atomic mass is 10.1. The summed E-state index contributed by atoms with van der Waals surface area (Å²) in [4.78, 5) is 4.15. The van der Waals surface area contributed by atoms with E-state index in [4.69, 9.17) is 9.15 Å². The molecule has 4 rings (SSSR count). The first-order chi connectivity index (χ1) is 13.6. The van der Waals surface area contributed by atoms with Gasteiger partial charge < -0.3 is 19.0 Å². The fraction of sp³-hybridized carbons (Fsp3) is 0.429. The molecular weight excluding hydrogens is 372 g/mol. The number of thiophene rings is 1. The summed E-state index contributed by atoms with van der Waals surface area (Å²) in [6.45, 7) is 9.79. The van der Waals surface area contributed by atoms with Gasteiger partial charge in [-0.15, -0.1) is 21.5 Å². The summed E-state index contributed by atoms with van der Waals surface area (Å²) in [7, 11) is 1.75. The maximum Gasteiger partial charge on any atom is 0.274 e. The van der Waals surface area contributed by atoms with Crippen molar-refractivity contribution in [3.8, 4) is 16.5 Å². The molecule has 0 bridgehead atoms. The minimum atomic E-state index is 0.219. The summed E-state index contributed by atoms with van der Waals surface area (Å²) < 4.78 is 11.5. The topological polar surface area (TPSA) is 57.0 Å². The number of aryl methyl sites for hydroxylation is 1. The van der Waals surface area contributed by atoms with Gasteiger partial charge in [0.1, 0.15) is 38.5 Å². The Kier molecular flexibility index (Phi) is 5.75. The lowest BCUT2D eigenvalue weighted by molar-refractivity contribution is -1.03. The van der Waals surface area contributed by atoms with Crippen LogP contribution in [0.5, 0.6) is 5.75 Å². The van der Waals surface area contributed by atoms with Crippen molar-refractivity contribution in [2.24, 2.45) is 0 Å². The molecular formula is C21H28N4O2S+2. The molecule has 148 valence electrons. The zero-order valence-electron chi connectivity index (χ0n) is 16.7. The van der Waals surface area contributed by atoms with E-state index >= 15 is 0 Å². The highest BCUT2D eigenvalue weighted by atomic mass is 32.1. The Hall–Kier alpha value is -2.22. The van der Waals surface area contributed by atoms with Gasteiger partial charge in [0.15, 0.2) is 6.04 Å². The van der Waals surface area contributed by atoms with Gasteiger partial charge in [0.25, 0.3) is 11.8 Å². The highest BCUT2D eigenvalue weighted by Crippen LogP contribution is 2.24. The number of methoxy groups -OCH3 is 1. The quantitative estimate of drug-likeness (QED) is 0.652. The highest BCUT2D eigenvalue weighted by Gasteiger charge is 2.31. The van der Waals surface area contributed by atoms with Crippen molar-refractivity contribution in [1.29, 1.82) is 0 Å². The third-order valence-corrected chi connectivity index (χ3v) is 6.49. The minimum absolute atomic E-state index is 0.219. The Balaban J connectivity index is 1.36. The maximum absolute atomic E-state index is 5.95. The number of benzene rings is 1. The molecule has 0 unspecified atom stereocenters. The molecule has 0 radical (unpaired) electrons. The molecule has 6 nitrogen and oxygen atoms in total. The third-order valence-electron chi connectivity index (χ3n) is 5.63. The van der Waals surface area contributed by atoms with Crippen LogP contribution in [0.1, 0.15) is 30.0 Å². The van der Waals surface area contributed by atoms with E-state index in [9.17, 15) is 0 Å². The Morgan fingerprint density at radius 1 is 1.18 bits per heavy atom. The smallest absolute Gasteiger partial charge is 0.274 e. The molecule has 1 aromatic carbocycles. The fourth-order valence-electron chi connectivity index (χ4n) is 3.93. The molecule has 1 aliphatic rings. The number of nitrogens with zero attached hydrogens (tertiary/aromatic N) is 2. The van der Waals surface area contributed by atoms with E-state index in [-0.39, 0.29) is 6.04 Å². The molecule has 0 amide bonds. The lowest BCUT2D eigenvalue weighted by Crippen LogP contribution is -3.27. The first-order valence-corrected chi connectivity index (χ1v) is 10.7. The average Bonchev–Trinajstić information content (AvgIpc) is 3.40. The molecule has 1 saturated heterocycles. The van der Waals surface area contributed by atoms with Gasteiger partial charge in [-0.25, -0.2) is 0 Å². The molecule has 7 heteroatoms. The fourth-order valence-corrected chi connectivity index (χ4v) is 4.58. The standard InChI is InChI=1S/C21H26N4O2S/c1-15-6-7-18(26-3)17(13-15)14-24-8-10-25(11-9-24)16(2)20-22-23-21(27-20)19-5-4-12-28-19/h4-7,12-13,16H,8-11,14H2,1-3H3/p+2/t16-/m1/s1. The molecule has 3 aromatic rings. The number of hydrogen-bond donors (Lipinski definition) is 2. The van der Waals surface area contributed by atoms with Crippen LogP contribution < -0.4 is 14.5 Å². The predicted octanol–water partition coefficient (Wildman–Crippen LogP) is 1.16. The van der Waals surface area contributed by atoms with Crippen LogP contribution in [0.15, 0.2) is 40.1 Å². The lowest BCUT2D eigenvalue weighted by Gasteiger charge is -2.32. The summed E-state index contributed by atoms with van der Waals surface area (Å²) >= 11 is 1.63. The molecule has 3 heterocycles. The van der Waals surface area contributed by atoms with E-state index in [2.05, 4.69) is 42.2 Å². The Labute approximate surface area is 169 Å². The van der Waals surface area contributed by atoms with E-state index in [0.29, 0.717) is 5.89 Å². The third kappa shape index (κ3) is 4.11. The van der Waals surface area contributed by atoms with E-state index < -0.39 is 0 Å². The van der Waals surface area contributed by atoms with Gasteiger partial charge in [-0.2, -0.15) is 0 Å². The van der Waals surface area contributed by atoms with Gasteiger partial charge in [-0.1, -0.05) is 17.7 Å². The van der Waals surface area contributed by atoms with Gasteiger partial charge in [-0.3, -0.25) is 0 Å². The van der Waals surface area contributed by atoms with Crippen LogP contribution in [0.25, 0.3) is 10.8 Å². The monoisotopic (exact) mass is 400 g/mol. The number of rotatable bonds is 6.